The second kappa shape index (κ2) is 9.78. The molecule has 0 aliphatic rings. The van der Waals surface area contributed by atoms with Crippen molar-refractivity contribution in [2.45, 2.75) is 20.8 Å². The minimum atomic E-state index is -0.521. The Morgan fingerprint density at radius 1 is 0.950 bits per heavy atom. The summed E-state index contributed by atoms with van der Waals surface area (Å²) in [5, 5.41) is 6.41. The van der Waals surface area contributed by atoms with Gasteiger partial charge in [-0.15, -0.1) is 0 Å². The zero-order valence-electron chi connectivity index (χ0n) is 22.5. The number of benzene rings is 3. The van der Waals surface area contributed by atoms with Crippen molar-refractivity contribution in [2.75, 3.05) is 0 Å². The summed E-state index contributed by atoms with van der Waals surface area (Å²) in [4.78, 5) is 34.4. The van der Waals surface area contributed by atoms with E-state index in [1.54, 1.807) is 23.0 Å². The van der Waals surface area contributed by atoms with Crippen LogP contribution in [0.25, 0.3) is 50.6 Å². The highest BCUT2D eigenvalue weighted by Gasteiger charge is 2.16. The highest BCUT2D eigenvalue weighted by Crippen LogP contribution is 2.36. The molecular weight excluding hydrogens is 498 g/mol. The Hall–Kier alpha value is -5.30. The Bertz CT molecular complexity index is 2220. The molecule has 0 spiro atoms. The normalized spacial score (nSPS) is 12.7. The minimum absolute atomic E-state index is 0.400. The summed E-state index contributed by atoms with van der Waals surface area (Å²) in [6.07, 6.45) is 7.00. The number of hydrogen-bond donors (Lipinski definition) is 1. The number of fused-ring (bicyclic) bond motifs is 2. The van der Waals surface area contributed by atoms with Crippen molar-refractivity contribution in [3.63, 3.8) is 0 Å². The SMILES string of the molecule is C=C/C(=c1/cccc/c1=C/C)n1c(=O)[nH]c2cc(-c3c(C)cccc3-c3cc(C)c4ncnn4c3)ccc2c1=O. The number of pyridine rings is 1. The van der Waals surface area contributed by atoms with Gasteiger partial charge in [-0.05, 0) is 78.1 Å². The van der Waals surface area contributed by atoms with E-state index >= 15 is 0 Å². The number of aromatic nitrogens is 5. The van der Waals surface area contributed by atoms with Gasteiger partial charge >= 0.3 is 5.69 Å². The number of allylic oxidation sites excluding steroid dienone is 1. The third-order valence-electron chi connectivity index (χ3n) is 7.31. The van der Waals surface area contributed by atoms with E-state index in [4.69, 9.17) is 0 Å². The maximum absolute atomic E-state index is 13.7. The van der Waals surface area contributed by atoms with E-state index in [0.29, 0.717) is 16.6 Å². The van der Waals surface area contributed by atoms with Crippen molar-refractivity contribution in [1.82, 2.24) is 24.1 Å². The molecule has 3 aromatic heterocycles. The maximum Gasteiger partial charge on any atom is 0.333 e. The van der Waals surface area contributed by atoms with Gasteiger partial charge in [0.1, 0.15) is 6.33 Å². The van der Waals surface area contributed by atoms with Gasteiger partial charge in [0.05, 0.1) is 16.6 Å². The predicted octanol–water partition coefficient (Wildman–Crippen LogP) is 4.33. The second-order valence-electron chi connectivity index (χ2n) is 9.73. The van der Waals surface area contributed by atoms with Crippen molar-refractivity contribution in [3.8, 4) is 22.3 Å². The Morgan fingerprint density at radius 2 is 1.77 bits per heavy atom. The summed E-state index contributed by atoms with van der Waals surface area (Å²) in [5.74, 6) is 0. The first kappa shape index (κ1) is 25.0. The van der Waals surface area contributed by atoms with Gasteiger partial charge < -0.3 is 4.98 Å². The van der Waals surface area contributed by atoms with Gasteiger partial charge in [-0.2, -0.15) is 5.10 Å². The van der Waals surface area contributed by atoms with Gasteiger partial charge in [0.2, 0.25) is 0 Å². The molecule has 3 heterocycles. The largest absolute Gasteiger partial charge is 0.333 e. The first-order valence-electron chi connectivity index (χ1n) is 13.0. The van der Waals surface area contributed by atoms with Crippen molar-refractivity contribution in [1.29, 1.82) is 0 Å². The van der Waals surface area contributed by atoms with E-state index in [1.165, 1.54) is 0 Å². The summed E-state index contributed by atoms with van der Waals surface area (Å²) in [6.45, 7) is 9.89. The molecule has 7 heteroatoms. The standard InChI is InChI=1S/C33H27N5O2/c1-5-22-11-7-8-12-25(22)29(6-2)38-32(39)27-15-14-23(17-28(27)36-33(38)40)30-20(3)10-9-13-26(30)24-16-21(4)31-34-19-35-37(31)18-24/h5-19H,2H2,1,3-4H3,(H,36,40)/b22-5-,29-25+. The highest BCUT2D eigenvalue weighted by atomic mass is 16.2. The van der Waals surface area contributed by atoms with Gasteiger partial charge in [0, 0.05) is 17.0 Å². The van der Waals surface area contributed by atoms with E-state index in [9.17, 15) is 9.59 Å². The number of H-pyrrole nitrogens is 1. The van der Waals surface area contributed by atoms with Gasteiger partial charge in [0.25, 0.3) is 5.56 Å². The lowest BCUT2D eigenvalue weighted by atomic mass is 9.91. The number of rotatable bonds is 4. The van der Waals surface area contributed by atoms with Gasteiger partial charge in [-0.1, -0.05) is 61.2 Å². The van der Waals surface area contributed by atoms with Crippen LogP contribution in [-0.4, -0.2) is 24.1 Å². The summed E-state index contributed by atoms with van der Waals surface area (Å²) in [7, 11) is 0. The third-order valence-corrected chi connectivity index (χ3v) is 7.31. The smallest absolute Gasteiger partial charge is 0.306 e. The molecule has 0 amide bonds. The fourth-order valence-electron chi connectivity index (χ4n) is 5.43. The number of nitrogens with one attached hydrogen (secondary N) is 1. The lowest BCUT2D eigenvalue weighted by Gasteiger charge is -2.15. The van der Waals surface area contributed by atoms with Crippen molar-refractivity contribution in [2.24, 2.45) is 0 Å². The number of aromatic amines is 1. The molecule has 0 saturated carbocycles. The molecule has 196 valence electrons. The minimum Gasteiger partial charge on any atom is -0.306 e. The molecule has 0 aliphatic carbocycles. The van der Waals surface area contributed by atoms with E-state index < -0.39 is 11.2 Å². The van der Waals surface area contributed by atoms with Crippen LogP contribution in [0.3, 0.4) is 0 Å². The topological polar surface area (TPSA) is 85.1 Å². The molecular formula is C33H27N5O2. The number of nitrogens with zero attached hydrogens (tertiary/aromatic N) is 4. The van der Waals surface area contributed by atoms with E-state index in [1.807, 2.05) is 68.6 Å². The van der Waals surface area contributed by atoms with Crippen LogP contribution in [0.1, 0.15) is 18.1 Å². The van der Waals surface area contributed by atoms with Crippen molar-refractivity contribution < 1.29 is 0 Å². The van der Waals surface area contributed by atoms with Crippen LogP contribution < -0.4 is 21.7 Å². The molecule has 6 rings (SSSR count). The molecule has 1 N–H and O–H groups in total. The lowest BCUT2D eigenvalue weighted by molar-refractivity contribution is 0.923. The Balaban J connectivity index is 1.58. The molecule has 0 aliphatic heterocycles. The number of hydrogen-bond acceptors (Lipinski definition) is 4. The first-order chi connectivity index (χ1) is 19.4. The Labute approximate surface area is 229 Å². The van der Waals surface area contributed by atoms with E-state index in [-0.39, 0.29) is 0 Å². The molecule has 6 aromatic rings. The summed E-state index contributed by atoms with van der Waals surface area (Å²) in [5.41, 5.74) is 6.80. The summed E-state index contributed by atoms with van der Waals surface area (Å²) >= 11 is 0. The van der Waals surface area contributed by atoms with Gasteiger partial charge in [0.15, 0.2) is 5.65 Å². The molecule has 40 heavy (non-hydrogen) atoms. The maximum atomic E-state index is 13.7. The zero-order chi connectivity index (χ0) is 28.0. The quantitative estimate of drug-likeness (QED) is 0.371. The third kappa shape index (κ3) is 3.99. The first-order valence-corrected chi connectivity index (χ1v) is 13.0. The summed E-state index contributed by atoms with van der Waals surface area (Å²) < 4.78 is 2.94. The van der Waals surface area contributed by atoms with Crippen LogP contribution in [0, 0.1) is 13.8 Å². The van der Waals surface area contributed by atoms with Crippen LogP contribution in [0.15, 0.2) is 101 Å². The molecule has 0 bridgehead atoms. The number of aryl methyl sites for hydroxylation is 2. The zero-order valence-corrected chi connectivity index (χ0v) is 22.5. The van der Waals surface area contributed by atoms with Crippen molar-refractivity contribution in [3.05, 3.63) is 134 Å². The second-order valence-corrected chi connectivity index (χ2v) is 9.73. The fraction of sp³-hybridized carbons (Fsp3) is 0.0909. The monoisotopic (exact) mass is 525 g/mol. The highest BCUT2D eigenvalue weighted by molar-refractivity contribution is 5.91. The van der Waals surface area contributed by atoms with Crippen LogP contribution in [0.2, 0.25) is 0 Å². The lowest BCUT2D eigenvalue weighted by Crippen LogP contribution is -2.39. The van der Waals surface area contributed by atoms with E-state index in [2.05, 4.69) is 46.8 Å². The average Bonchev–Trinajstić information content (AvgIpc) is 3.44. The van der Waals surface area contributed by atoms with Gasteiger partial charge in [-0.25, -0.2) is 18.9 Å². The predicted molar refractivity (Wildman–Crippen MR) is 161 cm³/mol. The average molecular weight is 526 g/mol. The molecule has 3 aromatic carbocycles. The van der Waals surface area contributed by atoms with Crippen LogP contribution >= 0.6 is 0 Å². The van der Waals surface area contributed by atoms with Crippen LogP contribution in [0.5, 0.6) is 0 Å². The molecule has 7 nitrogen and oxygen atoms in total. The Kier molecular flexibility index (Phi) is 6.11. The molecule has 0 atom stereocenters. The Morgan fingerprint density at radius 3 is 2.58 bits per heavy atom. The molecule has 0 radical (unpaired) electrons. The van der Waals surface area contributed by atoms with Crippen LogP contribution in [0.4, 0.5) is 0 Å². The fourth-order valence-corrected chi connectivity index (χ4v) is 5.43. The van der Waals surface area contributed by atoms with Crippen molar-refractivity contribution >= 4 is 28.3 Å². The molecule has 0 saturated heterocycles. The molecule has 0 unspecified atom stereocenters. The molecule has 0 fully saturated rings. The van der Waals surface area contributed by atoms with Crippen LogP contribution in [-0.2, 0) is 0 Å². The van der Waals surface area contributed by atoms with Gasteiger partial charge in [-0.3, -0.25) is 4.79 Å². The van der Waals surface area contributed by atoms with E-state index in [0.717, 1.165) is 54.0 Å². The summed E-state index contributed by atoms with van der Waals surface area (Å²) in [6, 6.07) is 21.4.